The molecule has 1 N–H and O–H groups in total. The summed E-state index contributed by atoms with van der Waals surface area (Å²) in [5.41, 5.74) is 1.39. The van der Waals surface area contributed by atoms with Gasteiger partial charge in [-0.15, -0.1) is 0 Å². The van der Waals surface area contributed by atoms with Crippen LogP contribution >= 0.6 is 0 Å². The van der Waals surface area contributed by atoms with Gasteiger partial charge in [-0.2, -0.15) is 13.2 Å². The number of alkyl halides is 3. The molecule has 192 valence electrons. The lowest BCUT2D eigenvalue weighted by atomic mass is 9.97. The molecule has 0 spiro atoms. The number of benzene rings is 1. The maximum atomic E-state index is 13.1. The smallest absolute Gasteiger partial charge is 0.434 e. The number of hydrogen-bond donors (Lipinski definition) is 1. The molecule has 11 heteroatoms. The van der Waals surface area contributed by atoms with Crippen molar-refractivity contribution in [1.29, 1.82) is 0 Å². The normalized spacial score (nSPS) is 16.0. The van der Waals surface area contributed by atoms with Crippen LogP contribution in [0.2, 0.25) is 0 Å². The maximum absolute atomic E-state index is 13.1. The number of aromatic nitrogens is 5. The molecule has 1 fully saturated rings. The Morgan fingerprint density at radius 3 is 2.51 bits per heavy atom. The lowest BCUT2D eigenvalue weighted by Gasteiger charge is -2.18. The summed E-state index contributed by atoms with van der Waals surface area (Å²) in [6, 6.07) is 7.84. The fraction of sp³-hybridized carbons (Fsp3) is 0.308. The van der Waals surface area contributed by atoms with E-state index in [2.05, 4.69) is 19.9 Å². The van der Waals surface area contributed by atoms with Gasteiger partial charge in [0.1, 0.15) is 24.0 Å². The van der Waals surface area contributed by atoms with Crippen LogP contribution < -0.4 is 9.47 Å². The second kappa shape index (κ2) is 9.47. The SMILES string of the molecule is [2H]C([2H])([2H])Oc1ncnc(C2CC2)c1-c1cc(C(O)c2ccc(-c3nc(C(F)(F)F)cn3C)cc2)c(OC)cn1. The van der Waals surface area contributed by atoms with Gasteiger partial charge in [0.2, 0.25) is 5.88 Å². The second-order valence-electron chi connectivity index (χ2n) is 8.71. The fourth-order valence-electron chi connectivity index (χ4n) is 4.21. The van der Waals surface area contributed by atoms with Crippen LogP contribution in [0.25, 0.3) is 22.6 Å². The van der Waals surface area contributed by atoms with E-state index in [0.717, 1.165) is 19.0 Å². The van der Waals surface area contributed by atoms with E-state index in [1.807, 2.05) is 0 Å². The van der Waals surface area contributed by atoms with Gasteiger partial charge in [-0.25, -0.2) is 15.0 Å². The van der Waals surface area contributed by atoms with Gasteiger partial charge in [0.05, 0.1) is 41.4 Å². The topological polar surface area (TPSA) is 95.2 Å². The first-order valence-electron chi connectivity index (χ1n) is 12.8. The van der Waals surface area contributed by atoms with E-state index >= 15 is 0 Å². The monoisotopic (exact) mass is 514 g/mol. The Balaban J connectivity index is 1.52. The first-order valence-corrected chi connectivity index (χ1v) is 11.3. The van der Waals surface area contributed by atoms with Crippen LogP contribution in [0.4, 0.5) is 13.2 Å². The molecule has 0 saturated heterocycles. The number of methoxy groups -OCH3 is 2. The summed E-state index contributed by atoms with van der Waals surface area (Å²) in [4.78, 5) is 16.5. The van der Waals surface area contributed by atoms with Gasteiger partial charge in [0, 0.05) is 30.3 Å². The first-order chi connectivity index (χ1) is 18.9. The largest absolute Gasteiger partial charge is 0.495 e. The van der Waals surface area contributed by atoms with E-state index in [1.54, 1.807) is 30.3 Å². The molecule has 3 aromatic heterocycles. The highest BCUT2D eigenvalue weighted by atomic mass is 19.4. The highest BCUT2D eigenvalue weighted by molar-refractivity contribution is 5.70. The van der Waals surface area contributed by atoms with Crippen molar-refractivity contribution in [3.63, 3.8) is 0 Å². The third-order valence-electron chi connectivity index (χ3n) is 6.22. The number of ether oxygens (including phenoxy) is 2. The third-order valence-corrected chi connectivity index (χ3v) is 6.22. The van der Waals surface area contributed by atoms with Crippen molar-refractivity contribution in [3.05, 3.63) is 71.6 Å². The number of aliphatic hydroxyl groups is 1. The lowest BCUT2D eigenvalue weighted by molar-refractivity contribution is -0.140. The molecule has 0 bridgehead atoms. The summed E-state index contributed by atoms with van der Waals surface area (Å²) < 4.78 is 73.8. The fourth-order valence-corrected chi connectivity index (χ4v) is 4.21. The molecule has 3 heterocycles. The van der Waals surface area contributed by atoms with Crippen LogP contribution in [0, 0.1) is 0 Å². The van der Waals surface area contributed by atoms with Crippen LogP contribution in [0.3, 0.4) is 0 Å². The van der Waals surface area contributed by atoms with Crippen molar-refractivity contribution < 1.29 is 31.9 Å². The zero-order valence-electron chi connectivity index (χ0n) is 22.8. The molecule has 1 saturated carbocycles. The predicted molar refractivity (Wildman–Crippen MR) is 128 cm³/mol. The zero-order valence-corrected chi connectivity index (χ0v) is 19.8. The number of rotatable bonds is 7. The van der Waals surface area contributed by atoms with Crippen LogP contribution in [-0.4, -0.2) is 43.8 Å². The first kappa shape index (κ1) is 21.1. The van der Waals surface area contributed by atoms with Crippen molar-refractivity contribution in [2.75, 3.05) is 14.1 Å². The van der Waals surface area contributed by atoms with Crippen LogP contribution in [0.15, 0.2) is 49.1 Å². The van der Waals surface area contributed by atoms with Crippen molar-refractivity contribution >= 4 is 0 Å². The van der Waals surface area contributed by atoms with Crippen molar-refractivity contribution in [2.45, 2.75) is 31.0 Å². The Kier molecular flexibility index (Phi) is 5.41. The van der Waals surface area contributed by atoms with Gasteiger partial charge in [0.15, 0.2) is 5.69 Å². The summed E-state index contributed by atoms with van der Waals surface area (Å²) in [5, 5.41) is 11.3. The molecule has 1 atom stereocenters. The van der Waals surface area contributed by atoms with Gasteiger partial charge >= 0.3 is 6.18 Å². The molecule has 1 aliphatic rings. The number of aryl methyl sites for hydroxylation is 1. The zero-order chi connectivity index (χ0) is 28.8. The van der Waals surface area contributed by atoms with Gasteiger partial charge in [-0.3, -0.25) is 4.98 Å². The molecule has 1 aromatic carbocycles. The van der Waals surface area contributed by atoms with Crippen molar-refractivity contribution in [2.24, 2.45) is 7.05 Å². The average Bonchev–Trinajstić information content (AvgIpc) is 3.67. The summed E-state index contributed by atoms with van der Waals surface area (Å²) in [6.45, 7) is 0. The molecule has 0 aliphatic heterocycles. The van der Waals surface area contributed by atoms with Crippen molar-refractivity contribution in [1.82, 2.24) is 24.5 Å². The average molecular weight is 515 g/mol. The molecule has 37 heavy (non-hydrogen) atoms. The molecular formula is C26H24F3N5O3. The van der Waals surface area contributed by atoms with Crippen molar-refractivity contribution in [3.8, 4) is 34.3 Å². The van der Waals surface area contributed by atoms with Crippen LogP contribution in [-0.2, 0) is 13.2 Å². The van der Waals surface area contributed by atoms with E-state index in [4.69, 9.17) is 13.6 Å². The van der Waals surface area contributed by atoms with Gasteiger partial charge < -0.3 is 19.1 Å². The number of hydrogen-bond acceptors (Lipinski definition) is 7. The number of imidazole rings is 1. The molecule has 5 rings (SSSR count). The summed E-state index contributed by atoms with van der Waals surface area (Å²) >= 11 is 0. The van der Waals surface area contributed by atoms with E-state index in [0.29, 0.717) is 33.6 Å². The Morgan fingerprint density at radius 2 is 1.89 bits per heavy atom. The Morgan fingerprint density at radius 1 is 1.14 bits per heavy atom. The minimum atomic E-state index is -4.57. The molecule has 0 radical (unpaired) electrons. The Bertz CT molecular complexity index is 1540. The van der Waals surface area contributed by atoms with Gasteiger partial charge in [-0.05, 0) is 24.5 Å². The lowest BCUT2D eigenvalue weighted by Crippen LogP contribution is -2.06. The van der Waals surface area contributed by atoms with E-state index < -0.39 is 25.0 Å². The molecule has 4 aromatic rings. The van der Waals surface area contributed by atoms with Crippen LogP contribution in [0.5, 0.6) is 11.6 Å². The Labute approximate surface area is 215 Å². The number of nitrogens with zero attached hydrogens (tertiary/aromatic N) is 5. The summed E-state index contributed by atoms with van der Waals surface area (Å²) in [6.07, 6.45) is -0.492. The molecule has 1 unspecified atom stereocenters. The summed E-state index contributed by atoms with van der Waals surface area (Å²) in [7, 11) is 0.130. The minimum absolute atomic E-state index is 0.103. The third kappa shape index (κ3) is 4.74. The highest BCUT2D eigenvalue weighted by Gasteiger charge is 2.35. The Hall–Kier alpha value is -3.99. The van der Waals surface area contributed by atoms with E-state index in [-0.39, 0.29) is 23.4 Å². The standard InChI is InChI=1S/C26H24F3N5O3/c1-34-12-20(26(27,28)29)33-24(34)16-8-6-15(7-9-16)23(35)17-10-18(30-11-19(17)36-2)21-22(14-4-5-14)31-13-32-25(21)37-3/h6-14,23,35H,4-5H2,1-3H3/i3D3. The van der Waals surface area contributed by atoms with Crippen LogP contribution in [0.1, 0.15) is 51.5 Å². The number of pyridine rings is 1. The number of aliphatic hydroxyl groups excluding tert-OH is 1. The van der Waals surface area contributed by atoms with E-state index in [1.165, 1.54) is 31.2 Å². The molecule has 8 nitrogen and oxygen atoms in total. The predicted octanol–water partition coefficient (Wildman–Crippen LogP) is 4.93. The quantitative estimate of drug-likeness (QED) is 0.374. The summed E-state index contributed by atoms with van der Waals surface area (Å²) in [5.74, 6) is 0.344. The number of halogens is 3. The van der Waals surface area contributed by atoms with E-state index in [9.17, 15) is 18.3 Å². The second-order valence-corrected chi connectivity index (χ2v) is 8.71. The molecule has 0 amide bonds. The van der Waals surface area contributed by atoms with Gasteiger partial charge in [0.25, 0.3) is 0 Å². The maximum Gasteiger partial charge on any atom is 0.434 e. The minimum Gasteiger partial charge on any atom is -0.495 e. The highest BCUT2D eigenvalue weighted by Crippen LogP contribution is 2.46. The van der Waals surface area contributed by atoms with Gasteiger partial charge in [-0.1, -0.05) is 24.3 Å². The molecule has 1 aliphatic carbocycles. The molecular weight excluding hydrogens is 487 g/mol.